The van der Waals surface area contributed by atoms with Gasteiger partial charge in [-0.05, 0) is 6.92 Å². The Morgan fingerprint density at radius 3 is 2.36 bits per heavy atom. The van der Waals surface area contributed by atoms with Gasteiger partial charge in [0.25, 0.3) is 0 Å². The maximum atomic E-state index is 11.0. The third-order valence-electron chi connectivity index (χ3n) is 1.47. The molecule has 0 spiro atoms. The van der Waals surface area contributed by atoms with Crippen molar-refractivity contribution in [1.29, 1.82) is 0 Å². The highest BCUT2D eigenvalue weighted by Gasteiger charge is 2.13. The van der Waals surface area contributed by atoms with Gasteiger partial charge in [-0.25, -0.2) is 0 Å². The smallest absolute Gasteiger partial charge is 0.325 e. The number of amides is 2. The highest BCUT2D eigenvalue weighted by atomic mass is 16.4. The van der Waals surface area contributed by atoms with Crippen LogP contribution in [0.25, 0.3) is 0 Å². The lowest BCUT2D eigenvalue weighted by Gasteiger charge is -2.08. The number of nitrogens with one attached hydrogen (secondary N) is 2. The second-order valence-electron chi connectivity index (χ2n) is 2.86. The molecule has 2 amide bonds. The molecule has 0 aliphatic rings. The second kappa shape index (κ2) is 5.95. The minimum Gasteiger partial charge on any atom is -0.480 e. The van der Waals surface area contributed by atoms with Crippen LogP contribution < -0.4 is 10.6 Å². The van der Waals surface area contributed by atoms with Gasteiger partial charge in [0.05, 0.1) is 0 Å². The summed E-state index contributed by atoms with van der Waals surface area (Å²) in [5, 5.41) is 13.2. The van der Waals surface area contributed by atoms with Crippen molar-refractivity contribution < 1.29 is 19.5 Å². The van der Waals surface area contributed by atoms with Crippen molar-refractivity contribution in [3.8, 4) is 0 Å². The molecule has 0 fully saturated rings. The van der Waals surface area contributed by atoms with Crippen LogP contribution >= 0.6 is 0 Å². The second-order valence-corrected chi connectivity index (χ2v) is 2.86. The zero-order chi connectivity index (χ0) is 11.1. The summed E-state index contributed by atoms with van der Waals surface area (Å²) in [5.74, 6) is -1.70. The zero-order valence-corrected chi connectivity index (χ0v) is 8.16. The van der Waals surface area contributed by atoms with Gasteiger partial charge >= 0.3 is 5.97 Å². The van der Waals surface area contributed by atoms with Crippen LogP contribution in [0.2, 0.25) is 0 Å². The Balaban J connectivity index is 3.65. The Morgan fingerprint density at radius 1 is 1.36 bits per heavy atom. The fourth-order valence-electron chi connectivity index (χ4n) is 0.727. The highest BCUT2D eigenvalue weighted by Crippen LogP contribution is 1.84. The molecule has 0 radical (unpaired) electrons. The summed E-state index contributed by atoms with van der Waals surface area (Å²) in [4.78, 5) is 31.8. The molecule has 6 heteroatoms. The largest absolute Gasteiger partial charge is 0.480 e. The topological polar surface area (TPSA) is 95.5 Å². The van der Waals surface area contributed by atoms with E-state index < -0.39 is 17.9 Å². The molecule has 1 atom stereocenters. The normalized spacial score (nSPS) is 11.6. The Bertz CT molecular complexity index is 239. The number of hydrogen-bond donors (Lipinski definition) is 3. The average Bonchev–Trinajstić information content (AvgIpc) is 2.02. The zero-order valence-electron chi connectivity index (χ0n) is 8.16. The monoisotopic (exact) mass is 202 g/mol. The van der Waals surface area contributed by atoms with E-state index in [0.29, 0.717) is 0 Å². The van der Waals surface area contributed by atoms with E-state index >= 15 is 0 Å². The number of carboxylic acids is 1. The number of carboxylic acid groups (broad SMARTS) is 1. The summed E-state index contributed by atoms with van der Waals surface area (Å²) < 4.78 is 0. The molecule has 0 saturated heterocycles. The lowest BCUT2D eigenvalue weighted by atomic mass is 10.3. The highest BCUT2D eigenvalue weighted by molar-refractivity contribution is 5.83. The number of aliphatic carboxylic acids is 1. The first-order valence-corrected chi connectivity index (χ1v) is 4.20. The number of carbonyl (C=O) groups excluding carboxylic acids is 2. The van der Waals surface area contributed by atoms with E-state index in [1.165, 1.54) is 13.8 Å². The molecule has 0 bridgehead atoms. The van der Waals surface area contributed by atoms with Crippen molar-refractivity contribution in [3.05, 3.63) is 0 Å². The van der Waals surface area contributed by atoms with Crippen molar-refractivity contribution >= 4 is 17.8 Å². The fourth-order valence-corrected chi connectivity index (χ4v) is 0.727. The van der Waals surface area contributed by atoms with Crippen molar-refractivity contribution in [1.82, 2.24) is 10.6 Å². The lowest BCUT2D eigenvalue weighted by molar-refractivity contribution is -0.141. The lowest BCUT2D eigenvalue weighted by Crippen LogP contribution is -2.39. The predicted molar refractivity (Wildman–Crippen MR) is 48.5 cm³/mol. The molecule has 80 valence electrons. The van der Waals surface area contributed by atoms with E-state index in [1.807, 2.05) is 0 Å². The van der Waals surface area contributed by atoms with Crippen molar-refractivity contribution in [2.24, 2.45) is 0 Å². The van der Waals surface area contributed by atoms with Crippen LogP contribution in [-0.2, 0) is 14.4 Å². The standard InChI is InChI=1S/C8H14N2O4/c1-5(8(13)14)10-7(12)3-4-9-6(2)11/h5H,3-4H2,1-2H3,(H,9,11)(H,10,12)(H,13,14)/t5-/m0/s1. The summed E-state index contributed by atoms with van der Waals surface area (Å²) in [6.45, 7) is 2.93. The van der Waals surface area contributed by atoms with E-state index in [9.17, 15) is 14.4 Å². The molecule has 0 aromatic rings. The molecule has 6 nitrogen and oxygen atoms in total. The van der Waals surface area contributed by atoms with Crippen molar-refractivity contribution in [2.75, 3.05) is 6.54 Å². The van der Waals surface area contributed by atoms with E-state index in [1.54, 1.807) is 0 Å². The van der Waals surface area contributed by atoms with Crippen LogP contribution in [0.15, 0.2) is 0 Å². The molecule has 0 saturated carbocycles. The quantitative estimate of drug-likeness (QED) is 0.538. The van der Waals surface area contributed by atoms with Gasteiger partial charge in [0.2, 0.25) is 11.8 Å². The molecule has 0 aliphatic heterocycles. The first-order valence-electron chi connectivity index (χ1n) is 4.20. The summed E-state index contributed by atoms with van der Waals surface area (Å²) in [7, 11) is 0. The number of carbonyl (C=O) groups is 3. The number of hydrogen-bond acceptors (Lipinski definition) is 3. The van der Waals surface area contributed by atoms with Gasteiger partial charge in [0.1, 0.15) is 6.04 Å². The molecule has 3 N–H and O–H groups in total. The summed E-state index contributed by atoms with van der Waals surface area (Å²) in [5.41, 5.74) is 0. The summed E-state index contributed by atoms with van der Waals surface area (Å²) in [6.07, 6.45) is 0.0806. The first-order chi connectivity index (χ1) is 6.43. The van der Waals surface area contributed by atoms with Crippen LogP contribution in [0.4, 0.5) is 0 Å². The fraction of sp³-hybridized carbons (Fsp3) is 0.625. The van der Waals surface area contributed by atoms with E-state index in [4.69, 9.17) is 5.11 Å². The molecular weight excluding hydrogens is 188 g/mol. The van der Waals surface area contributed by atoms with Crippen LogP contribution in [0.3, 0.4) is 0 Å². The Kier molecular flexibility index (Phi) is 5.28. The molecule has 0 aliphatic carbocycles. The van der Waals surface area contributed by atoms with E-state index in [0.717, 1.165) is 0 Å². The molecule has 0 heterocycles. The predicted octanol–water partition coefficient (Wildman–Crippen LogP) is -0.898. The SMILES string of the molecule is CC(=O)NCCC(=O)N[C@@H](C)C(=O)O. The third kappa shape index (κ3) is 5.99. The minimum absolute atomic E-state index is 0.0806. The van der Waals surface area contributed by atoms with Crippen LogP contribution in [0.1, 0.15) is 20.3 Å². The molecule has 0 aromatic heterocycles. The molecule has 0 aromatic carbocycles. The van der Waals surface area contributed by atoms with Gasteiger partial charge < -0.3 is 15.7 Å². The van der Waals surface area contributed by atoms with Crippen LogP contribution in [-0.4, -0.2) is 35.5 Å². The third-order valence-corrected chi connectivity index (χ3v) is 1.47. The van der Waals surface area contributed by atoms with Crippen molar-refractivity contribution in [3.63, 3.8) is 0 Å². The Hall–Kier alpha value is -1.59. The maximum absolute atomic E-state index is 11.0. The first kappa shape index (κ1) is 12.4. The Morgan fingerprint density at radius 2 is 1.93 bits per heavy atom. The Labute approximate surface area is 81.7 Å². The van der Waals surface area contributed by atoms with Gasteiger partial charge in [0.15, 0.2) is 0 Å². The molecule has 14 heavy (non-hydrogen) atoms. The molecule has 0 rings (SSSR count). The minimum atomic E-state index is -1.09. The van der Waals surface area contributed by atoms with Gasteiger partial charge in [0, 0.05) is 19.9 Å². The number of rotatable bonds is 5. The van der Waals surface area contributed by atoms with E-state index in [-0.39, 0.29) is 18.9 Å². The van der Waals surface area contributed by atoms with Gasteiger partial charge in [-0.1, -0.05) is 0 Å². The van der Waals surface area contributed by atoms with Gasteiger partial charge in [-0.3, -0.25) is 14.4 Å². The molecule has 0 unspecified atom stereocenters. The van der Waals surface area contributed by atoms with Crippen LogP contribution in [0.5, 0.6) is 0 Å². The summed E-state index contributed by atoms with van der Waals surface area (Å²) in [6, 6.07) is -0.903. The van der Waals surface area contributed by atoms with Crippen LogP contribution in [0, 0.1) is 0 Å². The summed E-state index contributed by atoms with van der Waals surface area (Å²) >= 11 is 0. The molecular formula is C8H14N2O4. The van der Waals surface area contributed by atoms with Gasteiger partial charge in [-0.15, -0.1) is 0 Å². The van der Waals surface area contributed by atoms with Crippen molar-refractivity contribution in [2.45, 2.75) is 26.3 Å². The van der Waals surface area contributed by atoms with Gasteiger partial charge in [-0.2, -0.15) is 0 Å². The average molecular weight is 202 g/mol. The maximum Gasteiger partial charge on any atom is 0.325 e. The van der Waals surface area contributed by atoms with E-state index in [2.05, 4.69) is 10.6 Å².